The van der Waals surface area contributed by atoms with Gasteiger partial charge in [0.2, 0.25) is 0 Å². The third-order valence-corrected chi connectivity index (χ3v) is 4.21. The van der Waals surface area contributed by atoms with E-state index in [4.69, 9.17) is 4.74 Å². The zero-order valence-corrected chi connectivity index (χ0v) is 10.7. The number of hydrogen-bond acceptors (Lipinski definition) is 3. The summed E-state index contributed by atoms with van der Waals surface area (Å²) in [5.41, 5.74) is 2.81. The molecule has 5 nitrogen and oxygen atoms in total. The van der Waals surface area contributed by atoms with Crippen molar-refractivity contribution >= 4 is 5.91 Å². The first-order chi connectivity index (χ1) is 8.74. The molecule has 0 aliphatic carbocycles. The Morgan fingerprint density at radius 2 is 2.17 bits per heavy atom. The lowest BCUT2D eigenvalue weighted by molar-refractivity contribution is 0.0157. The number of amides is 1. The third-order valence-electron chi connectivity index (χ3n) is 4.21. The van der Waals surface area contributed by atoms with E-state index in [1.807, 2.05) is 6.92 Å². The van der Waals surface area contributed by atoms with Crippen molar-refractivity contribution in [2.45, 2.75) is 32.6 Å². The molecule has 3 heterocycles. The Morgan fingerprint density at radius 3 is 2.89 bits per heavy atom. The van der Waals surface area contributed by atoms with Crippen LogP contribution >= 0.6 is 0 Å². The van der Waals surface area contributed by atoms with Gasteiger partial charge in [-0.1, -0.05) is 6.92 Å². The van der Waals surface area contributed by atoms with Crippen LogP contribution in [0.1, 0.15) is 41.5 Å². The summed E-state index contributed by atoms with van der Waals surface area (Å²) in [6, 6.07) is 0. The molecule has 1 amide bonds. The van der Waals surface area contributed by atoms with E-state index in [9.17, 15) is 4.79 Å². The molecule has 18 heavy (non-hydrogen) atoms. The van der Waals surface area contributed by atoms with Crippen LogP contribution < -0.4 is 5.32 Å². The Balaban J connectivity index is 1.96. The van der Waals surface area contributed by atoms with Gasteiger partial charge in [0.25, 0.3) is 5.91 Å². The standard InChI is InChI=1S/C13H19N3O2/c1-2-9-11-10(16-15-9)7-13(8-14-12(11)17)3-5-18-6-4-13/h2-8H2,1H3,(H,14,17)(H,15,16). The number of nitrogens with zero attached hydrogens (tertiary/aromatic N) is 1. The molecule has 1 aromatic rings. The topological polar surface area (TPSA) is 67.0 Å². The second-order valence-corrected chi connectivity index (χ2v) is 5.35. The maximum absolute atomic E-state index is 12.2. The molecule has 0 bridgehead atoms. The molecule has 98 valence electrons. The van der Waals surface area contributed by atoms with E-state index in [0.29, 0.717) is 0 Å². The van der Waals surface area contributed by atoms with E-state index in [1.54, 1.807) is 0 Å². The summed E-state index contributed by atoms with van der Waals surface area (Å²) < 4.78 is 5.44. The van der Waals surface area contributed by atoms with E-state index in [0.717, 1.165) is 62.4 Å². The van der Waals surface area contributed by atoms with Gasteiger partial charge in [0.1, 0.15) is 0 Å². The maximum Gasteiger partial charge on any atom is 0.255 e. The highest BCUT2D eigenvalue weighted by Gasteiger charge is 2.38. The summed E-state index contributed by atoms with van der Waals surface area (Å²) in [6.45, 7) is 4.36. The van der Waals surface area contributed by atoms with Crippen molar-refractivity contribution in [2.24, 2.45) is 5.41 Å². The number of fused-ring (bicyclic) bond motifs is 1. The van der Waals surface area contributed by atoms with Gasteiger partial charge in [-0.3, -0.25) is 9.89 Å². The molecule has 1 fully saturated rings. The number of carbonyl (C=O) groups is 1. The monoisotopic (exact) mass is 249 g/mol. The van der Waals surface area contributed by atoms with Crippen molar-refractivity contribution in [1.82, 2.24) is 15.5 Å². The highest BCUT2D eigenvalue weighted by molar-refractivity contribution is 5.96. The molecule has 0 unspecified atom stereocenters. The van der Waals surface area contributed by atoms with Crippen LogP contribution in [-0.2, 0) is 17.6 Å². The van der Waals surface area contributed by atoms with Gasteiger partial charge in [-0.25, -0.2) is 0 Å². The smallest absolute Gasteiger partial charge is 0.255 e. The van der Waals surface area contributed by atoms with Crippen LogP contribution in [0.25, 0.3) is 0 Å². The highest BCUT2D eigenvalue weighted by Crippen LogP contribution is 2.36. The number of ether oxygens (including phenoxy) is 1. The summed E-state index contributed by atoms with van der Waals surface area (Å²) in [7, 11) is 0. The minimum absolute atomic E-state index is 0.0268. The number of aryl methyl sites for hydroxylation is 1. The summed E-state index contributed by atoms with van der Waals surface area (Å²) in [4.78, 5) is 12.2. The first-order valence-corrected chi connectivity index (χ1v) is 6.66. The Morgan fingerprint density at radius 1 is 1.39 bits per heavy atom. The van der Waals surface area contributed by atoms with E-state index in [2.05, 4.69) is 15.5 Å². The van der Waals surface area contributed by atoms with Gasteiger partial charge < -0.3 is 10.1 Å². The average molecular weight is 249 g/mol. The van der Waals surface area contributed by atoms with Gasteiger partial charge in [0.15, 0.2) is 0 Å². The number of rotatable bonds is 1. The van der Waals surface area contributed by atoms with Crippen LogP contribution in [-0.4, -0.2) is 35.9 Å². The quantitative estimate of drug-likeness (QED) is 0.782. The molecule has 0 aromatic carbocycles. The SMILES string of the molecule is CCc1n[nH]c2c1C(=O)NCC1(CCOCC1)C2. The minimum Gasteiger partial charge on any atom is -0.381 e. The molecule has 1 saturated heterocycles. The zero-order chi connectivity index (χ0) is 12.6. The van der Waals surface area contributed by atoms with E-state index in [-0.39, 0.29) is 11.3 Å². The predicted octanol–water partition coefficient (Wildman–Crippen LogP) is 1.05. The van der Waals surface area contributed by atoms with Crippen molar-refractivity contribution in [2.75, 3.05) is 19.8 Å². The van der Waals surface area contributed by atoms with Gasteiger partial charge >= 0.3 is 0 Å². The summed E-state index contributed by atoms with van der Waals surface area (Å²) in [5, 5.41) is 10.4. The molecular formula is C13H19N3O2. The normalized spacial score (nSPS) is 22.4. The second-order valence-electron chi connectivity index (χ2n) is 5.35. The van der Waals surface area contributed by atoms with Gasteiger partial charge in [0, 0.05) is 25.5 Å². The third kappa shape index (κ3) is 1.82. The van der Waals surface area contributed by atoms with E-state index >= 15 is 0 Å². The highest BCUT2D eigenvalue weighted by atomic mass is 16.5. The fourth-order valence-corrected chi connectivity index (χ4v) is 3.02. The Hall–Kier alpha value is -1.36. The van der Waals surface area contributed by atoms with Crippen molar-refractivity contribution < 1.29 is 9.53 Å². The Bertz CT molecular complexity index is 461. The predicted molar refractivity (Wildman–Crippen MR) is 66.5 cm³/mol. The molecule has 3 rings (SSSR count). The largest absolute Gasteiger partial charge is 0.381 e. The second kappa shape index (κ2) is 4.39. The lowest BCUT2D eigenvalue weighted by Gasteiger charge is -2.35. The van der Waals surface area contributed by atoms with E-state index in [1.165, 1.54) is 0 Å². The fourth-order valence-electron chi connectivity index (χ4n) is 3.02. The number of aromatic amines is 1. The molecule has 1 aromatic heterocycles. The number of nitrogens with one attached hydrogen (secondary N) is 2. The van der Waals surface area contributed by atoms with Crippen molar-refractivity contribution in [3.63, 3.8) is 0 Å². The van der Waals surface area contributed by atoms with E-state index < -0.39 is 0 Å². The molecule has 5 heteroatoms. The van der Waals surface area contributed by atoms with Crippen LogP contribution in [0.15, 0.2) is 0 Å². The van der Waals surface area contributed by atoms with Crippen LogP contribution in [0, 0.1) is 5.41 Å². The Labute approximate surface area is 106 Å². The lowest BCUT2D eigenvalue weighted by atomic mass is 9.76. The first-order valence-electron chi connectivity index (χ1n) is 6.66. The number of carbonyl (C=O) groups excluding carboxylic acids is 1. The number of H-pyrrole nitrogens is 1. The zero-order valence-electron chi connectivity index (χ0n) is 10.7. The molecule has 1 spiro atoms. The Kier molecular flexibility index (Phi) is 2.86. The maximum atomic E-state index is 12.2. The molecular weight excluding hydrogens is 230 g/mol. The minimum atomic E-state index is 0.0268. The fraction of sp³-hybridized carbons (Fsp3) is 0.692. The van der Waals surface area contributed by atoms with Gasteiger partial charge in [-0.05, 0) is 31.1 Å². The number of aromatic nitrogens is 2. The van der Waals surface area contributed by atoms with Gasteiger partial charge in [-0.2, -0.15) is 5.10 Å². The van der Waals surface area contributed by atoms with Crippen LogP contribution in [0.5, 0.6) is 0 Å². The van der Waals surface area contributed by atoms with Gasteiger partial charge in [0.05, 0.1) is 11.3 Å². The van der Waals surface area contributed by atoms with Crippen molar-refractivity contribution in [3.8, 4) is 0 Å². The van der Waals surface area contributed by atoms with Crippen LogP contribution in [0.3, 0.4) is 0 Å². The molecule has 2 aliphatic heterocycles. The molecule has 2 aliphatic rings. The van der Waals surface area contributed by atoms with Crippen LogP contribution in [0.4, 0.5) is 0 Å². The first kappa shape index (κ1) is 11.7. The molecule has 0 radical (unpaired) electrons. The van der Waals surface area contributed by atoms with Crippen molar-refractivity contribution in [3.05, 3.63) is 17.0 Å². The van der Waals surface area contributed by atoms with Gasteiger partial charge in [-0.15, -0.1) is 0 Å². The molecule has 0 saturated carbocycles. The average Bonchev–Trinajstić information content (AvgIpc) is 2.74. The molecule has 2 N–H and O–H groups in total. The lowest BCUT2D eigenvalue weighted by Crippen LogP contribution is -2.40. The van der Waals surface area contributed by atoms with Crippen LogP contribution in [0.2, 0.25) is 0 Å². The summed E-state index contributed by atoms with van der Waals surface area (Å²) in [5.74, 6) is 0.0268. The molecule has 0 atom stereocenters. The number of hydrogen-bond donors (Lipinski definition) is 2. The summed E-state index contributed by atoms with van der Waals surface area (Å²) >= 11 is 0. The van der Waals surface area contributed by atoms with Crippen molar-refractivity contribution in [1.29, 1.82) is 0 Å². The summed E-state index contributed by atoms with van der Waals surface area (Å²) in [6.07, 6.45) is 3.70.